The Morgan fingerprint density at radius 2 is 1.16 bits per heavy atom. The summed E-state index contributed by atoms with van der Waals surface area (Å²) in [6.07, 6.45) is -0.0235. The van der Waals surface area contributed by atoms with Crippen molar-refractivity contribution < 1.29 is 4.18 Å². The average Bonchev–Trinajstić information content (AvgIpc) is 2.61. The van der Waals surface area contributed by atoms with Crippen LogP contribution >= 0.6 is 10.3 Å². The monoisotopic (exact) mass is 361 g/mol. The van der Waals surface area contributed by atoms with Crippen LogP contribution in [0.15, 0.2) is 70.5 Å². The van der Waals surface area contributed by atoms with Crippen LogP contribution in [-0.4, -0.2) is 16.9 Å². The van der Waals surface area contributed by atoms with E-state index in [1.807, 2.05) is 20.8 Å². The molecule has 0 saturated heterocycles. The van der Waals surface area contributed by atoms with Crippen molar-refractivity contribution in [2.24, 2.45) is 5.73 Å². The van der Waals surface area contributed by atoms with Crippen molar-refractivity contribution in [3.05, 3.63) is 60.7 Å². The zero-order chi connectivity index (χ0) is 19.1. The van der Waals surface area contributed by atoms with Crippen LogP contribution in [0.4, 0.5) is 0 Å². The Hall–Kier alpha value is -1.29. The number of hydrogen-bond acceptors (Lipinski definition) is 2. The van der Waals surface area contributed by atoms with Crippen molar-refractivity contribution in [2.75, 3.05) is 0 Å². The highest BCUT2D eigenvalue weighted by molar-refractivity contribution is 8.31. The molecule has 2 atom stereocenters. The van der Waals surface area contributed by atoms with Crippen molar-refractivity contribution in [1.29, 1.82) is 0 Å². The summed E-state index contributed by atoms with van der Waals surface area (Å²) in [5.74, 6) is 0. The van der Waals surface area contributed by atoms with Gasteiger partial charge in [-0.2, -0.15) is 0 Å². The van der Waals surface area contributed by atoms with E-state index in [1.165, 1.54) is 9.79 Å². The first kappa shape index (κ1) is 21.8. The fourth-order valence-corrected chi connectivity index (χ4v) is 6.55. The molecule has 0 aromatic heterocycles. The van der Waals surface area contributed by atoms with E-state index >= 15 is 0 Å². The molecule has 2 aromatic rings. The molecular formula is C22H35NOS. The number of nitrogens with two attached hydrogens (primary N) is 1. The molecule has 0 amide bonds. The van der Waals surface area contributed by atoms with Gasteiger partial charge in [-0.3, -0.25) is 0 Å². The lowest BCUT2D eigenvalue weighted by Crippen LogP contribution is -2.37. The molecule has 3 heteroatoms. The summed E-state index contributed by atoms with van der Waals surface area (Å²) in [6, 6.07) is 21.2. The topological polar surface area (TPSA) is 35.2 Å². The van der Waals surface area contributed by atoms with Crippen LogP contribution in [0.3, 0.4) is 0 Å². The molecule has 0 aliphatic heterocycles. The van der Waals surface area contributed by atoms with Crippen molar-refractivity contribution >= 4 is 10.3 Å². The summed E-state index contributed by atoms with van der Waals surface area (Å²) >= 11 is 0. The molecule has 0 heterocycles. The van der Waals surface area contributed by atoms with Gasteiger partial charge in [0.2, 0.25) is 0 Å². The highest BCUT2D eigenvalue weighted by atomic mass is 32.3. The van der Waals surface area contributed by atoms with E-state index in [2.05, 4.69) is 88.4 Å². The van der Waals surface area contributed by atoms with E-state index in [0.717, 1.165) is 0 Å². The van der Waals surface area contributed by atoms with Crippen LogP contribution in [-0.2, 0) is 4.18 Å². The van der Waals surface area contributed by atoms with Crippen LogP contribution in [0.25, 0.3) is 0 Å². The van der Waals surface area contributed by atoms with Crippen LogP contribution in [0, 0.1) is 0 Å². The normalized spacial score (nSPS) is 14.9. The molecule has 0 spiro atoms. The van der Waals surface area contributed by atoms with E-state index in [0.29, 0.717) is 0 Å². The Morgan fingerprint density at radius 3 is 1.44 bits per heavy atom. The van der Waals surface area contributed by atoms with Gasteiger partial charge in [-0.15, -0.1) is 0 Å². The van der Waals surface area contributed by atoms with Gasteiger partial charge in [0.1, 0.15) is 0 Å². The molecule has 0 saturated carbocycles. The third kappa shape index (κ3) is 4.87. The van der Waals surface area contributed by atoms with Gasteiger partial charge in [-0.25, -0.2) is 0 Å². The fraction of sp³-hybridized carbons (Fsp3) is 0.455. The fourth-order valence-electron chi connectivity index (χ4n) is 2.64. The summed E-state index contributed by atoms with van der Waals surface area (Å²) in [7, 11) is -1.69. The van der Waals surface area contributed by atoms with Gasteiger partial charge in [0.25, 0.3) is 0 Å². The van der Waals surface area contributed by atoms with E-state index in [1.54, 1.807) is 0 Å². The minimum atomic E-state index is -1.69. The minimum Gasteiger partial charge on any atom is -0.326 e. The number of benzene rings is 2. The lowest BCUT2D eigenvalue weighted by atomic mass is 10.2. The second-order valence-electron chi connectivity index (χ2n) is 6.96. The largest absolute Gasteiger partial charge is 0.326 e. The second-order valence-corrected chi connectivity index (χ2v) is 10.4. The lowest BCUT2D eigenvalue weighted by molar-refractivity contribution is 0.216. The maximum atomic E-state index is 6.79. The summed E-state index contributed by atoms with van der Waals surface area (Å²) in [5, 5.41) is 0. The van der Waals surface area contributed by atoms with Gasteiger partial charge in [-0.1, -0.05) is 60.6 Å². The van der Waals surface area contributed by atoms with Gasteiger partial charge in [0.05, 0.1) is 6.10 Å². The van der Waals surface area contributed by atoms with Gasteiger partial charge >= 0.3 is 0 Å². The van der Waals surface area contributed by atoms with E-state index in [9.17, 15) is 0 Å². The third-order valence-electron chi connectivity index (χ3n) is 4.05. The van der Waals surface area contributed by atoms with Crippen LogP contribution < -0.4 is 5.73 Å². The Morgan fingerprint density at radius 1 is 0.800 bits per heavy atom. The molecule has 0 bridgehead atoms. The van der Waals surface area contributed by atoms with Gasteiger partial charge in [0.15, 0.2) is 0 Å². The Balaban J connectivity index is 0.00000151. The predicted octanol–water partition coefficient (Wildman–Crippen LogP) is 6.40. The summed E-state index contributed by atoms with van der Waals surface area (Å²) < 4.78 is 6.74. The van der Waals surface area contributed by atoms with E-state index < -0.39 is 10.3 Å². The van der Waals surface area contributed by atoms with Gasteiger partial charge in [0, 0.05) is 20.6 Å². The van der Waals surface area contributed by atoms with E-state index in [4.69, 9.17) is 9.92 Å². The SMILES string of the molecule is CC.CC(N)C(C)OS(c1ccccc1)(c1ccccc1)C(C)(C)C. The van der Waals surface area contributed by atoms with Crippen LogP contribution in [0.5, 0.6) is 0 Å². The van der Waals surface area contributed by atoms with E-state index in [-0.39, 0.29) is 16.9 Å². The first-order valence-corrected chi connectivity index (χ1v) is 10.7. The molecule has 0 fully saturated rings. The minimum absolute atomic E-state index is 0.0170. The summed E-state index contributed by atoms with van der Waals surface area (Å²) in [4.78, 5) is 2.48. The zero-order valence-electron chi connectivity index (χ0n) is 16.8. The van der Waals surface area contributed by atoms with Crippen molar-refractivity contribution in [3.63, 3.8) is 0 Å². The standard InChI is InChI=1S/C20H29NOS.C2H6/c1-16(21)17(2)22-23(20(3,4)5,18-12-8-6-9-13-18)19-14-10-7-11-15-19;1-2/h6-17H,21H2,1-5H3;1-2H3. The lowest BCUT2D eigenvalue weighted by Gasteiger charge is -2.52. The maximum absolute atomic E-state index is 6.79. The van der Waals surface area contributed by atoms with Gasteiger partial charge < -0.3 is 9.92 Å². The van der Waals surface area contributed by atoms with Crippen molar-refractivity contribution in [3.8, 4) is 0 Å². The molecule has 140 valence electrons. The predicted molar refractivity (Wildman–Crippen MR) is 112 cm³/mol. The third-order valence-corrected chi connectivity index (χ3v) is 8.24. The molecule has 0 aliphatic rings. The molecule has 2 nitrogen and oxygen atoms in total. The van der Waals surface area contributed by atoms with Crippen LogP contribution in [0.1, 0.15) is 48.5 Å². The molecule has 2 rings (SSSR count). The molecule has 0 aliphatic carbocycles. The highest BCUT2D eigenvalue weighted by Gasteiger charge is 2.42. The number of hydrogen-bond donors (Lipinski definition) is 1. The maximum Gasteiger partial charge on any atom is 0.0829 e. The first-order valence-electron chi connectivity index (χ1n) is 9.16. The molecular weight excluding hydrogens is 326 g/mol. The van der Waals surface area contributed by atoms with Gasteiger partial charge in [-0.05, 0) is 58.9 Å². The second kappa shape index (κ2) is 9.42. The Bertz CT molecular complexity index is 565. The Labute approximate surface area is 156 Å². The Kier molecular flexibility index (Phi) is 8.20. The molecule has 2 unspecified atom stereocenters. The van der Waals surface area contributed by atoms with Crippen LogP contribution in [0.2, 0.25) is 0 Å². The summed E-state index contributed by atoms with van der Waals surface area (Å²) in [5.41, 5.74) is 6.13. The molecule has 0 radical (unpaired) electrons. The van der Waals surface area contributed by atoms with Crippen molar-refractivity contribution in [1.82, 2.24) is 0 Å². The highest BCUT2D eigenvalue weighted by Crippen LogP contribution is 2.71. The summed E-state index contributed by atoms with van der Waals surface area (Å²) in [6.45, 7) is 14.9. The number of rotatable bonds is 5. The quantitative estimate of drug-likeness (QED) is 0.668. The first-order chi connectivity index (χ1) is 11.8. The average molecular weight is 362 g/mol. The smallest absolute Gasteiger partial charge is 0.0829 e. The molecule has 25 heavy (non-hydrogen) atoms. The zero-order valence-corrected chi connectivity index (χ0v) is 17.6. The molecule has 2 N–H and O–H groups in total. The molecule has 2 aromatic carbocycles. The van der Waals surface area contributed by atoms with Crippen molar-refractivity contribution in [2.45, 2.75) is 75.1 Å².